The van der Waals surface area contributed by atoms with Crippen molar-refractivity contribution in [2.75, 3.05) is 19.7 Å². The molecule has 0 radical (unpaired) electrons. The molecule has 4 nitrogen and oxygen atoms in total. The fourth-order valence-electron chi connectivity index (χ4n) is 2.69. The third-order valence-electron chi connectivity index (χ3n) is 3.95. The van der Waals surface area contributed by atoms with Crippen molar-refractivity contribution >= 4 is 29.1 Å². The minimum absolute atomic E-state index is 0.166. The van der Waals surface area contributed by atoms with Crippen LogP contribution in [0, 0.1) is 11.3 Å². The molecule has 122 valence electrons. The van der Waals surface area contributed by atoms with Gasteiger partial charge in [0.05, 0.1) is 40.4 Å². The summed E-state index contributed by atoms with van der Waals surface area (Å²) >= 11 is 12.0. The van der Waals surface area contributed by atoms with Gasteiger partial charge in [0, 0.05) is 6.54 Å². The average Bonchev–Trinajstić information content (AvgIpc) is 2.63. The monoisotopic (exact) mass is 360 g/mol. The smallest absolute Gasteiger partial charge is 0.255 e. The molecule has 1 aliphatic rings. The molecule has 2 aromatic carbocycles. The maximum atomic E-state index is 12.7. The lowest BCUT2D eigenvalue weighted by Gasteiger charge is -2.33. The number of amides is 1. The Kier molecular flexibility index (Phi) is 5.06. The Morgan fingerprint density at radius 2 is 2.00 bits per heavy atom. The van der Waals surface area contributed by atoms with Gasteiger partial charge >= 0.3 is 0 Å². The molecular formula is C18H14Cl2N2O2. The zero-order chi connectivity index (χ0) is 17.1. The molecule has 6 heteroatoms. The molecule has 3 rings (SSSR count). The minimum Gasteiger partial charge on any atom is -0.370 e. The van der Waals surface area contributed by atoms with E-state index in [0.717, 1.165) is 5.56 Å². The molecule has 1 aliphatic heterocycles. The maximum absolute atomic E-state index is 12.7. The Balaban J connectivity index is 1.81. The first-order chi connectivity index (χ1) is 11.6. The first-order valence-corrected chi connectivity index (χ1v) is 8.20. The van der Waals surface area contributed by atoms with E-state index in [4.69, 9.17) is 27.9 Å². The van der Waals surface area contributed by atoms with E-state index in [9.17, 15) is 10.1 Å². The summed E-state index contributed by atoms with van der Waals surface area (Å²) in [5, 5.41) is 10.1. The normalized spacial score (nSPS) is 17.4. The SMILES string of the molecule is N#Cc1ccccc1C(=O)N1CCO[C@H](c2ccc(Cl)c(Cl)c2)C1. The molecule has 1 saturated heterocycles. The number of carbonyl (C=O) groups is 1. The van der Waals surface area contributed by atoms with Gasteiger partial charge in [-0.15, -0.1) is 0 Å². The van der Waals surface area contributed by atoms with Crippen LogP contribution in [0.1, 0.15) is 27.6 Å². The first-order valence-electron chi connectivity index (χ1n) is 7.45. The molecule has 0 bridgehead atoms. The predicted octanol–water partition coefficient (Wildman–Crippen LogP) is 4.08. The van der Waals surface area contributed by atoms with E-state index < -0.39 is 0 Å². The highest BCUT2D eigenvalue weighted by atomic mass is 35.5. The summed E-state index contributed by atoms with van der Waals surface area (Å²) in [7, 11) is 0. The molecule has 0 N–H and O–H groups in total. The van der Waals surface area contributed by atoms with Crippen LogP contribution >= 0.6 is 23.2 Å². The molecule has 0 spiro atoms. The van der Waals surface area contributed by atoms with Crippen LogP contribution in [0.4, 0.5) is 0 Å². The van der Waals surface area contributed by atoms with Crippen molar-refractivity contribution in [1.29, 1.82) is 5.26 Å². The molecule has 1 atom stereocenters. The molecule has 1 fully saturated rings. The van der Waals surface area contributed by atoms with Gasteiger partial charge in [-0.3, -0.25) is 4.79 Å². The van der Waals surface area contributed by atoms with E-state index in [1.54, 1.807) is 41.3 Å². The van der Waals surface area contributed by atoms with Gasteiger partial charge in [0.2, 0.25) is 0 Å². The highest BCUT2D eigenvalue weighted by molar-refractivity contribution is 6.42. The zero-order valence-electron chi connectivity index (χ0n) is 12.7. The lowest BCUT2D eigenvalue weighted by Crippen LogP contribution is -2.42. The Bertz CT molecular complexity index is 817. The van der Waals surface area contributed by atoms with Crippen LogP contribution in [0.25, 0.3) is 0 Å². The van der Waals surface area contributed by atoms with E-state index in [-0.39, 0.29) is 12.0 Å². The highest BCUT2D eigenvalue weighted by Crippen LogP contribution is 2.29. The third-order valence-corrected chi connectivity index (χ3v) is 4.69. The van der Waals surface area contributed by atoms with Crippen LogP contribution in [0.15, 0.2) is 42.5 Å². The van der Waals surface area contributed by atoms with E-state index in [1.165, 1.54) is 0 Å². The highest BCUT2D eigenvalue weighted by Gasteiger charge is 2.27. The Morgan fingerprint density at radius 1 is 1.21 bits per heavy atom. The van der Waals surface area contributed by atoms with E-state index in [0.29, 0.717) is 40.9 Å². The van der Waals surface area contributed by atoms with Crippen molar-refractivity contribution in [3.63, 3.8) is 0 Å². The number of carbonyl (C=O) groups excluding carboxylic acids is 1. The van der Waals surface area contributed by atoms with Crippen LogP contribution < -0.4 is 0 Å². The van der Waals surface area contributed by atoms with Crippen molar-refractivity contribution in [3.8, 4) is 6.07 Å². The zero-order valence-corrected chi connectivity index (χ0v) is 14.2. The van der Waals surface area contributed by atoms with Gasteiger partial charge in [-0.1, -0.05) is 41.4 Å². The molecule has 1 amide bonds. The average molecular weight is 361 g/mol. The number of nitriles is 1. The number of nitrogens with zero attached hydrogens (tertiary/aromatic N) is 2. The Labute approximate surface area is 150 Å². The first kappa shape index (κ1) is 16.8. The van der Waals surface area contributed by atoms with E-state index in [1.807, 2.05) is 6.07 Å². The lowest BCUT2D eigenvalue weighted by molar-refractivity contribution is -0.0228. The number of benzene rings is 2. The molecule has 0 saturated carbocycles. The number of hydrogen-bond acceptors (Lipinski definition) is 3. The Hall–Kier alpha value is -2.06. The molecule has 0 aliphatic carbocycles. The van der Waals surface area contributed by atoms with Crippen molar-refractivity contribution in [3.05, 3.63) is 69.2 Å². The second-order valence-corrected chi connectivity index (χ2v) is 6.26. The molecule has 2 aromatic rings. The van der Waals surface area contributed by atoms with Crippen molar-refractivity contribution in [2.24, 2.45) is 0 Å². The third kappa shape index (κ3) is 3.39. The topological polar surface area (TPSA) is 53.3 Å². The van der Waals surface area contributed by atoms with Gasteiger partial charge in [-0.2, -0.15) is 5.26 Å². The second-order valence-electron chi connectivity index (χ2n) is 5.44. The summed E-state index contributed by atoms with van der Waals surface area (Å²) in [6.45, 7) is 1.30. The van der Waals surface area contributed by atoms with Crippen LogP contribution in [-0.4, -0.2) is 30.5 Å². The van der Waals surface area contributed by atoms with Crippen LogP contribution in [-0.2, 0) is 4.74 Å². The van der Waals surface area contributed by atoms with Crippen molar-refractivity contribution < 1.29 is 9.53 Å². The summed E-state index contributed by atoms with van der Waals surface area (Å²) < 4.78 is 5.77. The molecule has 0 unspecified atom stereocenters. The van der Waals surface area contributed by atoms with E-state index >= 15 is 0 Å². The number of rotatable bonds is 2. The summed E-state index contributed by atoms with van der Waals surface area (Å²) in [6.07, 6.45) is -0.272. The number of halogens is 2. The van der Waals surface area contributed by atoms with Crippen molar-refractivity contribution in [1.82, 2.24) is 4.90 Å². The number of hydrogen-bond donors (Lipinski definition) is 0. The summed E-state index contributed by atoms with van der Waals surface area (Å²) in [5.74, 6) is -0.166. The van der Waals surface area contributed by atoms with Gasteiger partial charge in [0.1, 0.15) is 6.10 Å². The molecule has 0 aromatic heterocycles. The van der Waals surface area contributed by atoms with Gasteiger partial charge in [0.15, 0.2) is 0 Å². The molecule has 1 heterocycles. The van der Waals surface area contributed by atoms with E-state index in [2.05, 4.69) is 6.07 Å². The standard InChI is InChI=1S/C18H14Cl2N2O2/c19-15-6-5-12(9-16(15)20)17-11-22(7-8-24-17)18(23)14-4-2-1-3-13(14)10-21/h1-6,9,17H,7-8,11H2/t17-/m0/s1. The lowest BCUT2D eigenvalue weighted by atomic mass is 10.0. The van der Waals surface area contributed by atoms with Gasteiger partial charge in [-0.05, 0) is 29.8 Å². The maximum Gasteiger partial charge on any atom is 0.255 e. The molecule has 24 heavy (non-hydrogen) atoms. The molecular weight excluding hydrogens is 347 g/mol. The Morgan fingerprint density at radius 3 is 2.75 bits per heavy atom. The van der Waals surface area contributed by atoms with Crippen LogP contribution in [0.3, 0.4) is 0 Å². The minimum atomic E-state index is -0.272. The summed E-state index contributed by atoms with van der Waals surface area (Å²) in [4.78, 5) is 14.5. The predicted molar refractivity (Wildman–Crippen MR) is 92.2 cm³/mol. The second kappa shape index (κ2) is 7.23. The largest absolute Gasteiger partial charge is 0.370 e. The number of ether oxygens (including phenoxy) is 1. The van der Waals surface area contributed by atoms with Gasteiger partial charge in [0.25, 0.3) is 5.91 Å². The van der Waals surface area contributed by atoms with Gasteiger partial charge in [-0.25, -0.2) is 0 Å². The van der Waals surface area contributed by atoms with Crippen LogP contribution in [0.5, 0.6) is 0 Å². The summed E-state index contributed by atoms with van der Waals surface area (Å²) in [6, 6.07) is 14.2. The van der Waals surface area contributed by atoms with Gasteiger partial charge < -0.3 is 9.64 Å². The van der Waals surface area contributed by atoms with Crippen LogP contribution in [0.2, 0.25) is 10.0 Å². The fraction of sp³-hybridized carbons (Fsp3) is 0.222. The quantitative estimate of drug-likeness (QED) is 0.810. The van der Waals surface area contributed by atoms with Crippen molar-refractivity contribution in [2.45, 2.75) is 6.10 Å². The fourth-order valence-corrected chi connectivity index (χ4v) is 2.99. The number of morpholine rings is 1. The summed E-state index contributed by atoms with van der Waals surface area (Å²) in [5.41, 5.74) is 1.66.